The van der Waals surface area contributed by atoms with Gasteiger partial charge in [0, 0.05) is 40.0 Å². The Morgan fingerprint density at radius 3 is 2.80 bits per heavy atom. The van der Waals surface area contributed by atoms with Gasteiger partial charge in [0.15, 0.2) is 0 Å². The zero-order valence-electron chi connectivity index (χ0n) is 21.8. The first-order chi connectivity index (χ1) is 15.2. The van der Waals surface area contributed by atoms with E-state index in [2.05, 4.69) is 15.0 Å². The van der Waals surface area contributed by atoms with Gasteiger partial charge in [0.2, 0.25) is 11.4 Å². The van der Waals surface area contributed by atoms with Gasteiger partial charge in [-0.2, -0.15) is 0 Å². The molecule has 4 nitrogen and oxygen atoms in total. The monoisotopic (exact) mass is 339 g/mol. The summed E-state index contributed by atoms with van der Waals surface area (Å²) in [7, 11) is 0. The van der Waals surface area contributed by atoms with Crippen molar-refractivity contribution in [2.75, 3.05) is 0 Å². The molecule has 4 rings (SSSR count). The number of rotatable bonds is 3. The van der Waals surface area contributed by atoms with Crippen LogP contribution >= 0.6 is 0 Å². The van der Waals surface area contributed by atoms with Crippen LogP contribution in [0.3, 0.4) is 0 Å². The number of fused-ring (bicyclic) bond motifs is 3. The van der Waals surface area contributed by atoms with Gasteiger partial charge < -0.3 is 4.42 Å². The highest BCUT2D eigenvalue weighted by atomic mass is 16.3. The van der Waals surface area contributed by atoms with E-state index in [1.54, 1.807) is 26.0 Å². The third-order valence-electron chi connectivity index (χ3n) is 3.84. The van der Waals surface area contributed by atoms with Crippen LogP contribution in [0.15, 0.2) is 41.1 Å². The normalized spacial score (nSPS) is 18.0. The van der Waals surface area contributed by atoms with Crippen LogP contribution in [0.4, 0.5) is 0 Å². The molecule has 0 saturated heterocycles. The molecule has 25 heavy (non-hydrogen) atoms. The highest BCUT2D eigenvalue weighted by molar-refractivity contribution is 6.03. The van der Waals surface area contributed by atoms with Crippen molar-refractivity contribution in [3.05, 3.63) is 53.5 Å². The minimum Gasteiger partial charge on any atom is -0.419 e. The van der Waals surface area contributed by atoms with Crippen molar-refractivity contribution in [1.29, 1.82) is 0 Å². The van der Waals surface area contributed by atoms with E-state index in [-0.39, 0.29) is 28.2 Å². The van der Waals surface area contributed by atoms with Crippen LogP contribution in [0.1, 0.15) is 41.6 Å². The fourth-order valence-corrected chi connectivity index (χ4v) is 2.73. The number of hydrogen-bond donors (Lipinski definition) is 0. The predicted molar refractivity (Wildman–Crippen MR) is 101 cm³/mol. The molecule has 0 saturated carbocycles. The summed E-state index contributed by atoms with van der Waals surface area (Å²) in [5.74, 6) is -0.467. The van der Waals surface area contributed by atoms with Gasteiger partial charge in [-0.3, -0.25) is 4.98 Å². The lowest BCUT2D eigenvalue weighted by Gasteiger charge is -2.10. The van der Waals surface area contributed by atoms with Gasteiger partial charge >= 0.3 is 0 Å². The Bertz CT molecular complexity index is 1360. The summed E-state index contributed by atoms with van der Waals surface area (Å²) in [4.78, 5) is 12.7. The smallest absolute Gasteiger partial charge is 0.229 e. The number of aryl methyl sites for hydroxylation is 2. The molecule has 4 aromatic heterocycles. The lowest BCUT2D eigenvalue weighted by molar-refractivity contribution is 0.639. The molecule has 0 radical (unpaired) electrons. The molecule has 4 heterocycles. The molecule has 0 aromatic carbocycles. The maximum absolute atomic E-state index is 8.49. The van der Waals surface area contributed by atoms with Crippen molar-refractivity contribution in [1.82, 2.24) is 15.0 Å². The molecule has 0 bridgehead atoms. The minimum atomic E-state index is -2.52. The number of aromatic nitrogens is 3. The summed E-state index contributed by atoms with van der Waals surface area (Å²) in [6, 6.07) is 6.21. The highest BCUT2D eigenvalue weighted by Crippen LogP contribution is 2.30. The Morgan fingerprint density at radius 1 is 1.08 bits per heavy atom. The third-order valence-corrected chi connectivity index (χ3v) is 3.84. The highest BCUT2D eigenvalue weighted by Gasteiger charge is 2.12. The van der Waals surface area contributed by atoms with Gasteiger partial charge in [-0.05, 0) is 61.4 Å². The van der Waals surface area contributed by atoms with Crippen molar-refractivity contribution in [3.63, 3.8) is 0 Å². The predicted octanol–water partition coefficient (Wildman–Crippen LogP) is 5.25. The van der Waals surface area contributed by atoms with Gasteiger partial charge in [0.05, 0.1) is 11.1 Å². The Morgan fingerprint density at radius 2 is 2.00 bits per heavy atom. The second-order valence-corrected chi connectivity index (χ2v) is 6.14. The standard InChI is InChI=1S/C21H21N3O/c1-12(2)7-15-9-19(22-10-13(15)3)16-8-18-17-6-5-14(4)24-21(17)25-20(18)23-11-16/h5-6,8-12H,7H2,1-4H3/i3D3,4D3,7D2. The van der Waals surface area contributed by atoms with Crippen molar-refractivity contribution in [2.45, 2.75) is 33.9 Å². The van der Waals surface area contributed by atoms with E-state index in [0.717, 1.165) is 0 Å². The van der Waals surface area contributed by atoms with Crippen LogP contribution < -0.4 is 0 Å². The van der Waals surface area contributed by atoms with Gasteiger partial charge in [-0.1, -0.05) is 13.8 Å². The second kappa shape index (κ2) is 5.96. The van der Waals surface area contributed by atoms with Crippen LogP contribution in [-0.2, 0) is 6.37 Å². The first-order valence-electron chi connectivity index (χ1n) is 11.9. The van der Waals surface area contributed by atoms with Crippen LogP contribution in [0.2, 0.25) is 0 Å². The SMILES string of the molecule is [2H]C([2H])([2H])c1ccc2c(n1)oc1ncc(-c3cc(C([2H])([2H])C(C)C)c(C([2H])([2H])[2H])cn3)cc12. The number of pyridine rings is 3. The average molecular weight is 339 g/mol. The largest absolute Gasteiger partial charge is 0.419 e. The van der Waals surface area contributed by atoms with Crippen molar-refractivity contribution in [3.8, 4) is 11.3 Å². The van der Waals surface area contributed by atoms with Gasteiger partial charge in [0.1, 0.15) is 0 Å². The summed E-state index contributed by atoms with van der Waals surface area (Å²) in [6.45, 7) is -1.51. The van der Waals surface area contributed by atoms with Crippen LogP contribution in [-0.4, -0.2) is 15.0 Å². The lowest BCUT2D eigenvalue weighted by atomic mass is 9.98. The molecule has 4 aromatic rings. The molecule has 126 valence electrons. The Kier molecular flexibility index (Phi) is 2.17. The summed E-state index contributed by atoms with van der Waals surface area (Å²) in [5.41, 5.74) is 1.14. The molecule has 0 fully saturated rings. The van der Waals surface area contributed by atoms with E-state index in [1.807, 2.05) is 0 Å². The summed E-state index contributed by atoms with van der Waals surface area (Å²) in [6.07, 6.45) is 0.790. The fourth-order valence-electron chi connectivity index (χ4n) is 2.73. The minimum absolute atomic E-state index is 0.0589. The van der Waals surface area contributed by atoms with E-state index >= 15 is 0 Å². The number of furan rings is 1. The van der Waals surface area contributed by atoms with E-state index < -0.39 is 26.0 Å². The molecule has 0 atom stereocenters. The quantitative estimate of drug-likeness (QED) is 0.511. The molecule has 0 aliphatic rings. The fraction of sp³-hybridized carbons (Fsp3) is 0.286. The molecule has 0 unspecified atom stereocenters. The molecule has 0 amide bonds. The molecule has 0 N–H and O–H groups in total. The first kappa shape index (κ1) is 9.09. The third kappa shape index (κ3) is 2.88. The Labute approximate surface area is 158 Å². The number of hydrogen-bond acceptors (Lipinski definition) is 4. The van der Waals surface area contributed by atoms with Crippen molar-refractivity contribution >= 4 is 22.2 Å². The maximum atomic E-state index is 8.49. The molecule has 4 heteroatoms. The van der Waals surface area contributed by atoms with Gasteiger partial charge in [-0.15, -0.1) is 0 Å². The molecular weight excluding hydrogens is 310 g/mol. The number of nitrogens with zero attached hydrogens (tertiary/aromatic N) is 3. The lowest BCUT2D eigenvalue weighted by Crippen LogP contribution is -1.99. The van der Waals surface area contributed by atoms with Crippen LogP contribution in [0.25, 0.3) is 33.5 Å². The van der Waals surface area contributed by atoms with E-state index in [1.165, 1.54) is 24.5 Å². The summed E-state index contributed by atoms with van der Waals surface area (Å²) in [5, 5.41) is 1.16. The molecular formula is C21H21N3O. The Balaban J connectivity index is 1.89. The van der Waals surface area contributed by atoms with E-state index in [4.69, 9.17) is 15.4 Å². The molecule has 0 aliphatic carbocycles. The van der Waals surface area contributed by atoms with E-state index in [0.29, 0.717) is 22.0 Å². The van der Waals surface area contributed by atoms with Crippen molar-refractivity contribution < 1.29 is 15.4 Å². The second-order valence-electron chi connectivity index (χ2n) is 6.14. The Hall–Kier alpha value is -2.75. The first-order valence-corrected chi connectivity index (χ1v) is 7.91. The zero-order chi connectivity index (χ0) is 24.3. The summed E-state index contributed by atoms with van der Waals surface area (Å²) < 4.78 is 68.6. The maximum Gasteiger partial charge on any atom is 0.229 e. The van der Waals surface area contributed by atoms with Gasteiger partial charge in [-0.25, -0.2) is 9.97 Å². The van der Waals surface area contributed by atoms with E-state index in [9.17, 15) is 0 Å². The molecule has 0 aliphatic heterocycles. The average Bonchev–Trinajstić information content (AvgIpc) is 3.09. The zero-order valence-corrected chi connectivity index (χ0v) is 13.8. The molecule has 0 spiro atoms. The van der Waals surface area contributed by atoms with Crippen LogP contribution in [0, 0.1) is 19.6 Å². The van der Waals surface area contributed by atoms with Crippen molar-refractivity contribution in [2.24, 2.45) is 5.92 Å². The van der Waals surface area contributed by atoms with Gasteiger partial charge in [0.25, 0.3) is 0 Å². The van der Waals surface area contributed by atoms with Crippen LogP contribution in [0.5, 0.6) is 0 Å². The topological polar surface area (TPSA) is 51.8 Å². The summed E-state index contributed by atoms with van der Waals surface area (Å²) >= 11 is 0.